The molecule has 1 aromatic heterocycles. The van der Waals surface area contributed by atoms with Gasteiger partial charge in [-0.25, -0.2) is 4.99 Å². The second kappa shape index (κ2) is 10.5. The maximum Gasteiger partial charge on any atom is 0.122 e. The summed E-state index contributed by atoms with van der Waals surface area (Å²) in [6.07, 6.45) is 3.71. The van der Waals surface area contributed by atoms with Crippen LogP contribution in [0.25, 0.3) is 5.70 Å². The summed E-state index contributed by atoms with van der Waals surface area (Å²) in [5.74, 6) is 1.43. The Morgan fingerprint density at radius 2 is 2.10 bits per heavy atom. The van der Waals surface area contributed by atoms with Crippen LogP contribution in [0.2, 0.25) is 0 Å². The summed E-state index contributed by atoms with van der Waals surface area (Å²) in [6, 6.07) is 10.1. The molecule has 0 amide bonds. The van der Waals surface area contributed by atoms with Gasteiger partial charge in [-0.05, 0) is 50.5 Å². The van der Waals surface area contributed by atoms with E-state index in [1.165, 1.54) is 0 Å². The highest BCUT2D eigenvalue weighted by molar-refractivity contribution is 5.84. The fourth-order valence-electron chi connectivity index (χ4n) is 2.91. The van der Waals surface area contributed by atoms with Gasteiger partial charge in [-0.15, -0.1) is 0 Å². The Morgan fingerprint density at radius 3 is 2.72 bits per heavy atom. The molecule has 0 fully saturated rings. The van der Waals surface area contributed by atoms with Gasteiger partial charge in [0.2, 0.25) is 0 Å². The van der Waals surface area contributed by atoms with Crippen LogP contribution in [0.3, 0.4) is 0 Å². The van der Waals surface area contributed by atoms with E-state index in [-0.39, 0.29) is 0 Å². The minimum absolute atomic E-state index is 0.498. The van der Waals surface area contributed by atoms with Gasteiger partial charge in [-0.3, -0.25) is 4.68 Å². The summed E-state index contributed by atoms with van der Waals surface area (Å²) >= 11 is 0. The zero-order valence-corrected chi connectivity index (χ0v) is 18.3. The lowest BCUT2D eigenvalue weighted by molar-refractivity contribution is 0.284. The Bertz CT molecular complexity index is 890. The largest absolute Gasteiger partial charge is 0.493 e. The van der Waals surface area contributed by atoms with Crippen molar-refractivity contribution >= 4 is 11.5 Å². The highest BCUT2D eigenvalue weighted by Gasteiger charge is 2.11. The van der Waals surface area contributed by atoms with E-state index in [0.29, 0.717) is 12.4 Å². The lowest BCUT2D eigenvalue weighted by Crippen LogP contribution is -2.19. The van der Waals surface area contributed by atoms with E-state index >= 15 is 0 Å². The van der Waals surface area contributed by atoms with Crippen molar-refractivity contribution in [2.75, 3.05) is 20.2 Å². The Balaban J connectivity index is 2.01. The molecule has 0 spiro atoms. The minimum atomic E-state index is 0.498. The van der Waals surface area contributed by atoms with E-state index in [1.54, 1.807) is 6.92 Å². The van der Waals surface area contributed by atoms with Crippen molar-refractivity contribution in [2.45, 2.75) is 33.6 Å². The molecular formula is C23H33N5O. The molecule has 0 radical (unpaired) electrons. The first-order valence-corrected chi connectivity index (χ1v) is 9.96. The molecule has 0 saturated carbocycles. The van der Waals surface area contributed by atoms with Crippen LogP contribution in [0.1, 0.15) is 37.2 Å². The molecule has 1 heterocycles. The quantitative estimate of drug-likeness (QED) is 0.286. The number of allylic oxidation sites excluding steroid dienone is 1. The summed E-state index contributed by atoms with van der Waals surface area (Å²) in [4.78, 5) is 6.60. The van der Waals surface area contributed by atoms with Crippen LogP contribution in [-0.2, 0) is 13.5 Å². The number of amidine groups is 1. The van der Waals surface area contributed by atoms with E-state index in [0.717, 1.165) is 53.5 Å². The van der Waals surface area contributed by atoms with Gasteiger partial charge in [0.15, 0.2) is 0 Å². The lowest BCUT2D eigenvalue weighted by atomic mass is 10.2. The highest BCUT2D eigenvalue weighted by Crippen LogP contribution is 2.20. The molecule has 156 valence electrons. The minimum Gasteiger partial charge on any atom is -0.493 e. The number of aromatic nitrogens is 2. The molecule has 0 aliphatic heterocycles. The average Bonchev–Trinajstić information content (AvgIpc) is 3.06. The standard InChI is InChI=1S/C23H33N5O/c1-7-20-16-22(28(6)26-20)21(25-19(4)24)15-18(3)27(5)13-10-14-29-23-12-9-8-11-17(23)2/h8-9,11-12,15-16H,3,7,10,13-14H2,1-2,4-6H3,(H2,24,25)/b21-15-. The van der Waals surface area contributed by atoms with Crippen molar-refractivity contribution in [1.82, 2.24) is 14.7 Å². The van der Waals surface area contributed by atoms with Gasteiger partial charge in [0, 0.05) is 26.3 Å². The van der Waals surface area contributed by atoms with Gasteiger partial charge >= 0.3 is 0 Å². The maximum atomic E-state index is 5.88. The SMILES string of the molecule is C=C(/C=C(\N=C(C)N)c1cc(CC)nn1C)N(C)CCCOc1ccccc1C. The molecule has 2 rings (SSSR count). The Morgan fingerprint density at radius 1 is 1.38 bits per heavy atom. The molecule has 0 aliphatic carbocycles. The van der Waals surface area contributed by atoms with E-state index in [2.05, 4.69) is 41.5 Å². The average molecular weight is 396 g/mol. The number of aryl methyl sites for hydroxylation is 3. The normalized spacial score (nSPS) is 12.2. The number of benzene rings is 1. The van der Waals surface area contributed by atoms with Crippen LogP contribution < -0.4 is 10.5 Å². The Labute approximate surface area is 174 Å². The molecule has 29 heavy (non-hydrogen) atoms. The number of ether oxygens (including phenoxy) is 1. The Hall–Kier alpha value is -3.02. The summed E-state index contributed by atoms with van der Waals surface area (Å²) < 4.78 is 7.71. The number of rotatable bonds is 10. The Kier molecular flexibility index (Phi) is 8.07. The summed E-state index contributed by atoms with van der Waals surface area (Å²) in [5, 5.41) is 4.51. The van der Waals surface area contributed by atoms with Crippen LogP contribution >= 0.6 is 0 Å². The van der Waals surface area contributed by atoms with Gasteiger partial charge in [0.1, 0.15) is 5.75 Å². The predicted octanol–water partition coefficient (Wildman–Crippen LogP) is 3.92. The molecular weight excluding hydrogens is 362 g/mol. The van der Waals surface area contributed by atoms with Crippen molar-refractivity contribution in [2.24, 2.45) is 17.8 Å². The van der Waals surface area contributed by atoms with E-state index < -0.39 is 0 Å². The number of hydrogen-bond donors (Lipinski definition) is 1. The number of hydrogen-bond acceptors (Lipinski definition) is 4. The zero-order chi connectivity index (χ0) is 21.4. The van der Waals surface area contributed by atoms with E-state index in [9.17, 15) is 0 Å². The van der Waals surface area contributed by atoms with E-state index in [4.69, 9.17) is 10.5 Å². The van der Waals surface area contributed by atoms with Crippen LogP contribution in [0.15, 0.2) is 53.7 Å². The third-order valence-electron chi connectivity index (χ3n) is 4.63. The van der Waals surface area contributed by atoms with Crippen molar-refractivity contribution in [3.63, 3.8) is 0 Å². The third-order valence-corrected chi connectivity index (χ3v) is 4.63. The third kappa shape index (κ3) is 6.52. The first-order chi connectivity index (χ1) is 13.8. The number of likely N-dealkylation sites (N-methyl/N-ethyl adjacent to an activating group) is 1. The lowest BCUT2D eigenvalue weighted by Gasteiger charge is -2.20. The maximum absolute atomic E-state index is 5.88. The molecule has 6 nitrogen and oxygen atoms in total. The monoisotopic (exact) mass is 395 g/mol. The van der Waals surface area contributed by atoms with Gasteiger partial charge in [0.05, 0.1) is 29.5 Å². The molecule has 0 saturated heterocycles. The second-order valence-electron chi connectivity index (χ2n) is 7.16. The first kappa shape index (κ1) is 22.3. The molecule has 0 unspecified atom stereocenters. The second-order valence-corrected chi connectivity index (χ2v) is 7.16. The van der Waals surface area contributed by atoms with Crippen LogP contribution in [0, 0.1) is 6.92 Å². The van der Waals surface area contributed by atoms with Crippen molar-refractivity contribution in [3.8, 4) is 5.75 Å². The summed E-state index contributed by atoms with van der Waals surface area (Å²) in [7, 11) is 3.93. The van der Waals surface area contributed by atoms with Crippen LogP contribution in [-0.4, -0.2) is 40.7 Å². The number of nitrogens with two attached hydrogens (primary N) is 1. The van der Waals surface area contributed by atoms with Crippen LogP contribution in [0.5, 0.6) is 5.75 Å². The van der Waals surface area contributed by atoms with E-state index in [1.807, 2.05) is 49.1 Å². The topological polar surface area (TPSA) is 68.7 Å². The highest BCUT2D eigenvalue weighted by atomic mass is 16.5. The van der Waals surface area contributed by atoms with Gasteiger partial charge in [-0.2, -0.15) is 5.10 Å². The number of nitrogens with zero attached hydrogens (tertiary/aromatic N) is 4. The number of para-hydroxylation sites is 1. The predicted molar refractivity (Wildman–Crippen MR) is 121 cm³/mol. The molecule has 6 heteroatoms. The van der Waals surface area contributed by atoms with Crippen LogP contribution in [0.4, 0.5) is 0 Å². The van der Waals surface area contributed by atoms with Crippen molar-refractivity contribution in [1.29, 1.82) is 0 Å². The van der Waals surface area contributed by atoms with Crippen molar-refractivity contribution < 1.29 is 4.74 Å². The van der Waals surface area contributed by atoms with Gasteiger partial charge in [-0.1, -0.05) is 31.7 Å². The van der Waals surface area contributed by atoms with Crippen molar-refractivity contribution in [3.05, 3.63) is 65.6 Å². The first-order valence-electron chi connectivity index (χ1n) is 9.96. The van der Waals surface area contributed by atoms with Gasteiger partial charge < -0.3 is 15.4 Å². The molecule has 1 aromatic carbocycles. The smallest absolute Gasteiger partial charge is 0.122 e. The molecule has 2 aromatic rings. The summed E-state index contributed by atoms with van der Waals surface area (Å²) in [6.45, 7) is 11.6. The fraction of sp³-hybridized carbons (Fsp3) is 0.391. The molecule has 0 aliphatic rings. The summed E-state index contributed by atoms with van der Waals surface area (Å²) in [5.41, 5.74) is 10.6. The fourth-order valence-corrected chi connectivity index (χ4v) is 2.91. The molecule has 0 bridgehead atoms. The molecule has 0 atom stereocenters. The van der Waals surface area contributed by atoms with Gasteiger partial charge in [0.25, 0.3) is 0 Å². The molecule has 2 N–H and O–H groups in total. The number of aliphatic imine (C=N–C) groups is 1. The zero-order valence-electron chi connectivity index (χ0n) is 18.3.